The highest BCUT2D eigenvalue weighted by Crippen LogP contribution is 2.18. The number of allylic oxidation sites excluding steroid dienone is 10. The fourth-order valence-electron chi connectivity index (χ4n) is 6.12. The van der Waals surface area contributed by atoms with E-state index in [0.29, 0.717) is 32.2 Å². The minimum atomic E-state index is -1.01. The number of aliphatic carboxylic acids is 1. The van der Waals surface area contributed by atoms with Crippen LogP contribution in [0.3, 0.4) is 0 Å². The summed E-state index contributed by atoms with van der Waals surface area (Å²) in [7, 11) is 0. The van der Waals surface area contributed by atoms with Gasteiger partial charge in [-0.3, -0.25) is 9.59 Å². The first-order valence-corrected chi connectivity index (χ1v) is 21.6. The Bertz CT molecular complexity index is 1020. The van der Waals surface area contributed by atoms with Gasteiger partial charge in [-0.2, -0.15) is 0 Å². The number of amides is 1. The van der Waals surface area contributed by atoms with Crippen molar-refractivity contribution in [3.8, 4) is 0 Å². The lowest BCUT2D eigenvalue weighted by molar-refractivity contribution is -0.150. The van der Waals surface area contributed by atoms with Gasteiger partial charge in [0.1, 0.15) is 12.1 Å². The molecule has 2 unspecified atom stereocenters. The molecule has 2 atom stereocenters. The number of hydrogen-bond acceptors (Lipinski definition) is 5. The lowest BCUT2D eigenvalue weighted by Gasteiger charge is -2.18. The third kappa shape index (κ3) is 37.2. The molecule has 304 valence electrons. The van der Waals surface area contributed by atoms with Gasteiger partial charge in [-0.25, -0.2) is 4.79 Å². The van der Waals surface area contributed by atoms with Crippen molar-refractivity contribution in [3.63, 3.8) is 0 Å². The van der Waals surface area contributed by atoms with E-state index in [1.54, 1.807) is 0 Å². The van der Waals surface area contributed by atoms with Crippen LogP contribution in [0.25, 0.3) is 0 Å². The molecule has 0 bridgehead atoms. The van der Waals surface area contributed by atoms with E-state index in [1.807, 2.05) is 0 Å². The number of nitrogens with one attached hydrogen (secondary N) is 1. The van der Waals surface area contributed by atoms with Crippen LogP contribution in [0.2, 0.25) is 0 Å². The summed E-state index contributed by atoms with van der Waals surface area (Å²) in [5.74, 6) is -1.29. The third-order valence-corrected chi connectivity index (χ3v) is 9.35. The fourth-order valence-corrected chi connectivity index (χ4v) is 6.12. The molecule has 0 saturated carbocycles. The van der Waals surface area contributed by atoms with E-state index >= 15 is 0 Å². The zero-order valence-electron chi connectivity index (χ0n) is 34.1. The monoisotopic (exact) mass is 741 g/mol. The first-order chi connectivity index (χ1) is 25.9. The second kappa shape index (κ2) is 40.3. The summed E-state index contributed by atoms with van der Waals surface area (Å²) in [5, 5.41) is 11.9. The van der Waals surface area contributed by atoms with Crippen LogP contribution in [0.5, 0.6) is 0 Å². The van der Waals surface area contributed by atoms with E-state index in [2.05, 4.69) is 79.9 Å². The van der Waals surface area contributed by atoms with Gasteiger partial charge in [0.15, 0.2) is 0 Å². The number of rotatable bonds is 38. The Morgan fingerprint density at radius 1 is 0.566 bits per heavy atom. The normalized spacial score (nSPS) is 13.3. The summed E-state index contributed by atoms with van der Waals surface area (Å²) in [6.45, 7) is 4.78. The summed E-state index contributed by atoms with van der Waals surface area (Å²) in [6, 6.07) is -0.866. The zero-order valence-corrected chi connectivity index (χ0v) is 34.1. The van der Waals surface area contributed by atoms with Gasteiger partial charge in [-0.1, -0.05) is 145 Å². The SMILES string of the molecule is CC/C=C\C/C=C\C/C=C\C/C=C\C/C=C\CCCCCCCCCC(=O)OC(CCCCCCC)CCCCCCC(=O)NC(CCCN)C(=O)O. The molecule has 0 aromatic heterocycles. The van der Waals surface area contributed by atoms with E-state index in [9.17, 15) is 19.5 Å². The van der Waals surface area contributed by atoms with Crippen LogP contribution in [0.15, 0.2) is 60.8 Å². The van der Waals surface area contributed by atoms with Gasteiger partial charge >= 0.3 is 11.9 Å². The van der Waals surface area contributed by atoms with Crippen molar-refractivity contribution in [1.82, 2.24) is 5.32 Å². The van der Waals surface area contributed by atoms with Gasteiger partial charge in [0, 0.05) is 12.8 Å². The number of carboxylic acids is 1. The van der Waals surface area contributed by atoms with Crippen molar-refractivity contribution in [2.24, 2.45) is 5.73 Å². The molecule has 0 saturated heterocycles. The van der Waals surface area contributed by atoms with Crippen molar-refractivity contribution >= 4 is 17.8 Å². The van der Waals surface area contributed by atoms with Crippen LogP contribution in [-0.4, -0.2) is 41.6 Å². The number of unbranched alkanes of at least 4 members (excludes halogenated alkanes) is 14. The largest absolute Gasteiger partial charge is 0.480 e. The van der Waals surface area contributed by atoms with Crippen LogP contribution in [0.1, 0.15) is 194 Å². The molecule has 7 heteroatoms. The van der Waals surface area contributed by atoms with Crippen LogP contribution in [0.4, 0.5) is 0 Å². The molecule has 0 aliphatic carbocycles. The fraction of sp³-hybridized carbons (Fsp3) is 0.717. The Labute approximate surface area is 325 Å². The van der Waals surface area contributed by atoms with Crippen LogP contribution >= 0.6 is 0 Å². The minimum Gasteiger partial charge on any atom is -0.480 e. The van der Waals surface area contributed by atoms with Crippen LogP contribution < -0.4 is 11.1 Å². The molecular formula is C46H80N2O5. The number of carboxylic acid groups (broad SMARTS) is 1. The Kier molecular flexibility index (Phi) is 38.0. The summed E-state index contributed by atoms with van der Waals surface area (Å²) in [6.07, 6.45) is 50.0. The lowest BCUT2D eigenvalue weighted by Crippen LogP contribution is -2.40. The number of hydrogen-bond donors (Lipinski definition) is 3. The maximum Gasteiger partial charge on any atom is 0.326 e. The van der Waals surface area contributed by atoms with Gasteiger partial charge in [-0.15, -0.1) is 0 Å². The van der Waals surface area contributed by atoms with Crippen molar-refractivity contribution in [3.05, 3.63) is 60.8 Å². The molecule has 0 heterocycles. The Balaban J connectivity index is 4.03. The molecule has 0 aromatic rings. The van der Waals surface area contributed by atoms with E-state index in [1.165, 1.54) is 57.8 Å². The quantitative estimate of drug-likeness (QED) is 0.0329. The average molecular weight is 741 g/mol. The van der Waals surface area contributed by atoms with Gasteiger partial charge < -0.3 is 20.9 Å². The Morgan fingerprint density at radius 3 is 1.57 bits per heavy atom. The van der Waals surface area contributed by atoms with Crippen molar-refractivity contribution in [2.75, 3.05) is 6.54 Å². The van der Waals surface area contributed by atoms with Gasteiger partial charge in [-0.05, 0) is 103 Å². The second-order valence-electron chi connectivity index (χ2n) is 14.4. The maximum atomic E-state index is 12.7. The van der Waals surface area contributed by atoms with Crippen LogP contribution in [-0.2, 0) is 19.1 Å². The summed E-state index contributed by atoms with van der Waals surface area (Å²) in [4.78, 5) is 36.2. The van der Waals surface area contributed by atoms with E-state index < -0.39 is 12.0 Å². The van der Waals surface area contributed by atoms with Gasteiger partial charge in [0.2, 0.25) is 5.91 Å². The molecule has 0 aliphatic rings. The number of nitrogens with two attached hydrogens (primary N) is 1. The molecule has 0 fully saturated rings. The standard InChI is InChI=1S/C46H80N2O5/c1-3-5-7-9-10-11-12-13-14-15-16-17-18-19-20-21-22-23-24-25-26-28-34-40-45(50)53-42(36-31-27-8-6-4-2)37-32-29-30-33-39-44(49)48-43(46(51)52)38-35-41-47/h5,7,10-11,13-14,16-17,19-20,42-43H,3-4,6,8-9,12,15,18,21-41,47H2,1-2H3,(H,48,49)(H,51,52)/b7-5-,11-10-,14-13-,17-16-,20-19-. The highest BCUT2D eigenvalue weighted by molar-refractivity contribution is 5.83. The Morgan fingerprint density at radius 2 is 1.04 bits per heavy atom. The molecule has 0 aromatic carbocycles. The summed E-state index contributed by atoms with van der Waals surface area (Å²) in [5.41, 5.74) is 5.47. The molecule has 1 amide bonds. The topological polar surface area (TPSA) is 119 Å². The second-order valence-corrected chi connectivity index (χ2v) is 14.4. The highest BCUT2D eigenvalue weighted by Gasteiger charge is 2.19. The van der Waals surface area contributed by atoms with Crippen LogP contribution in [0, 0.1) is 0 Å². The van der Waals surface area contributed by atoms with Gasteiger partial charge in [0.25, 0.3) is 0 Å². The first kappa shape index (κ1) is 50.1. The number of esters is 1. The molecule has 7 nitrogen and oxygen atoms in total. The van der Waals surface area contributed by atoms with E-state index in [4.69, 9.17) is 10.5 Å². The number of carbonyl (C=O) groups excluding carboxylic acids is 2. The minimum absolute atomic E-state index is 0.0192. The summed E-state index contributed by atoms with van der Waals surface area (Å²) < 4.78 is 5.96. The number of carbonyl (C=O) groups is 3. The smallest absolute Gasteiger partial charge is 0.326 e. The lowest BCUT2D eigenvalue weighted by atomic mass is 10.0. The predicted octanol–water partition coefficient (Wildman–Crippen LogP) is 12.2. The molecule has 0 aliphatic heterocycles. The third-order valence-electron chi connectivity index (χ3n) is 9.35. The molecule has 4 N–H and O–H groups in total. The molecule has 0 rings (SSSR count). The highest BCUT2D eigenvalue weighted by atomic mass is 16.5. The predicted molar refractivity (Wildman–Crippen MR) is 225 cm³/mol. The molecule has 0 spiro atoms. The Hall–Kier alpha value is -2.93. The first-order valence-electron chi connectivity index (χ1n) is 21.6. The zero-order chi connectivity index (χ0) is 38.9. The molecule has 53 heavy (non-hydrogen) atoms. The van der Waals surface area contributed by atoms with E-state index in [0.717, 1.165) is 96.3 Å². The number of ether oxygens (including phenoxy) is 1. The van der Waals surface area contributed by atoms with Crippen molar-refractivity contribution in [1.29, 1.82) is 0 Å². The van der Waals surface area contributed by atoms with Crippen molar-refractivity contribution < 1.29 is 24.2 Å². The average Bonchev–Trinajstić information content (AvgIpc) is 3.14. The van der Waals surface area contributed by atoms with Gasteiger partial charge in [0.05, 0.1) is 0 Å². The van der Waals surface area contributed by atoms with Crippen molar-refractivity contribution in [2.45, 2.75) is 206 Å². The maximum absolute atomic E-state index is 12.7. The van der Waals surface area contributed by atoms with E-state index in [-0.39, 0.29) is 18.0 Å². The molecule has 0 radical (unpaired) electrons. The molecular weight excluding hydrogens is 661 g/mol. The summed E-state index contributed by atoms with van der Waals surface area (Å²) >= 11 is 0.